The van der Waals surface area contributed by atoms with E-state index < -0.39 is 0 Å². The number of benzene rings is 2. The quantitative estimate of drug-likeness (QED) is 0.745. The van der Waals surface area contributed by atoms with Gasteiger partial charge in [-0.3, -0.25) is 4.79 Å². The molecular weight excluding hydrogens is 314 g/mol. The number of carbonyl (C=O) groups excluding carboxylic acids is 2. The van der Waals surface area contributed by atoms with Gasteiger partial charge in [0, 0.05) is 23.0 Å². The Bertz CT molecular complexity index is 720. The van der Waals surface area contributed by atoms with Crippen molar-refractivity contribution in [3.63, 3.8) is 0 Å². The Morgan fingerprint density at radius 3 is 1.68 bits per heavy atom. The van der Waals surface area contributed by atoms with Gasteiger partial charge in [-0.15, -0.1) is 0 Å². The number of anilines is 2. The van der Waals surface area contributed by atoms with Crippen molar-refractivity contribution in [2.24, 2.45) is 0 Å². The Morgan fingerprint density at radius 2 is 1.24 bits per heavy atom. The van der Waals surface area contributed by atoms with Crippen molar-refractivity contribution in [1.29, 1.82) is 0 Å². The minimum absolute atomic E-state index is 0.0816. The summed E-state index contributed by atoms with van der Waals surface area (Å²) in [6.07, 6.45) is 0. The summed E-state index contributed by atoms with van der Waals surface area (Å²) >= 11 is 0. The molecule has 5 heteroatoms. The number of rotatable bonds is 5. The van der Waals surface area contributed by atoms with Gasteiger partial charge in [-0.05, 0) is 61.7 Å². The molecule has 3 N–H and O–H groups in total. The third-order valence-electron chi connectivity index (χ3n) is 3.66. The van der Waals surface area contributed by atoms with Gasteiger partial charge in [0.2, 0.25) is 0 Å². The van der Waals surface area contributed by atoms with E-state index in [1.807, 2.05) is 38.1 Å². The van der Waals surface area contributed by atoms with Crippen molar-refractivity contribution in [2.45, 2.75) is 39.7 Å². The summed E-state index contributed by atoms with van der Waals surface area (Å²) in [4.78, 5) is 24.0. The molecule has 2 aromatic carbocycles. The van der Waals surface area contributed by atoms with Gasteiger partial charge < -0.3 is 16.0 Å². The second-order valence-electron chi connectivity index (χ2n) is 6.56. The standard InChI is InChI=1S/C20H25N3O2/c1-13(2)15-5-9-17(10-6-15)22-20(25)23-18-11-7-16(8-12-18)19(24)21-14(3)4/h5-14H,1-4H3,(H,21,24)(H2,22,23,25). The molecule has 0 aromatic heterocycles. The zero-order valence-electron chi connectivity index (χ0n) is 15.1. The number of carbonyl (C=O) groups is 2. The Kier molecular flexibility index (Phi) is 6.17. The van der Waals surface area contributed by atoms with Crippen LogP contribution in [-0.4, -0.2) is 18.0 Å². The first kappa shape index (κ1) is 18.5. The molecule has 0 radical (unpaired) electrons. The summed E-state index contributed by atoms with van der Waals surface area (Å²) in [5, 5.41) is 8.37. The Balaban J connectivity index is 1.93. The lowest BCUT2D eigenvalue weighted by Crippen LogP contribution is -2.30. The maximum absolute atomic E-state index is 12.1. The second-order valence-corrected chi connectivity index (χ2v) is 6.56. The molecule has 2 rings (SSSR count). The number of hydrogen-bond acceptors (Lipinski definition) is 2. The molecule has 0 heterocycles. The highest BCUT2D eigenvalue weighted by Gasteiger charge is 2.08. The topological polar surface area (TPSA) is 70.2 Å². The van der Waals surface area contributed by atoms with E-state index in [0.29, 0.717) is 17.2 Å². The fourth-order valence-corrected chi connectivity index (χ4v) is 2.30. The summed E-state index contributed by atoms with van der Waals surface area (Å²) in [6, 6.07) is 14.3. The van der Waals surface area contributed by atoms with Gasteiger partial charge in [0.25, 0.3) is 5.91 Å². The van der Waals surface area contributed by atoms with Crippen LogP contribution < -0.4 is 16.0 Å². The summed E-state index contributed by atoms with van der Waals surface area (Å²) in [7, 11) is 0. The lowest BCUT2D eigenvalue weighted by molar-refractivity contribution is 0.0943. The third-order valence-corrected chi connectivity index (χ3v) is 3.66. The van der Waals surface area contributed by atoms with E-state index in [1.165, 1.54) is 5.56 Å². The van der Waals surface area contributed by atoms with E-state index in [-0.39, 0.29) is 18.0 Å². The number of urea groups is 1. The lowest BCUT2D eigenvalue weighted by atomic mass is 10.0. The molecule has 25 heavy (non-hydrogen) atoms. The van der Waals surface area contributed by atoms with Gasteiger partial charge in [-0.2, -0.15) is 0 Å². The Morgan fingerprint density at radius 1 is 0.760 bits per heavy atom. The van der Waals surface area contributed by atoms with Crippen molar-refractivity contribution in [3.05, 3.63) is 59.7 Å². The number of hydrogen-bond donors (Lipinski definition) is 3. The van der Waals surface area contributed by atoms with Crippen molar-refractivity contribution >= 4 is 23.3 Å². The van der Waals surface area contributed by atoms with Crippen LogP contribution in [0.2, 0.25) is 0 Å². The van der Waals surface area contributed by atoms with Crippen LogP contribution in [-0.2, 0) is 0 Å². The summed E-state index contributed by atoms with van der Waals surface area (Å²) in [6.45, 7) is 8.07. The molecule has 0 aliphatic heterocycles. The van der Waals surface area contributed by atoms with Gasteiger partial charge in [0.1, 0.15) is 0 Å². The maximum Gasteiger partial charge on any atom is 0.323 e. The fraction of sp³-hybridized carbons (Fsp3) is 0.300. The van der Waals surface area contributed by atoms with Gasteiger partial charge in [0.05, 0.1) is 0 Å². The van der Waals surface area contributed by atoms with E-state index in [0.717, 1.165) is 5.69 Å². The minimum atomic E-state index is -0.323. The molecule has 5 nitrogen and oxygen atoms in total. The van der Waals surface area contributed by atoms with Crippen LogP contribution in [0.1, 0.15) is 49.5 Å². The fourth-order valence-electron chi connectivity index (χ4n) is 2.30. The predicted octanol–water partition coefficient (Wildman–Crippen LogP) is 4.59. The molecule has 0 atom stereocenters. The molecular formula is C20H25N3O2. The highest BCUT2D eigenvalue weighted by atomic mass is 16.2. The van der Waals surface area contributed by atoms with Crippen molar-refractivity contribution in [1.82, 2.24) is 5.32 Å². The lowest BCUT2D eigenvalue weighted by Gasteiger charge is -2.11. The van der Waals surface area contributed by atoms with Crippen molar-refractivity contribution < 1.29 is 9.59 Å². The van der Waals surface area contributed by atoms with Crippen LogP contribution in [0.15, 0.2) is 48.5 Å². The normalized spacial score (nSPS) is 10.6. The maximum atomic E-state index is 12.1. The highest BCUT2D eigenvalue weighted by Crippen LogP contribution is 2.17. The van der Waals surface area contributed by atoms with Gasteiger partial charge in [0.15, 0.2) is 0 Å². The molecule has 0 fully saturated rings. The van der Waals surface area contributed by atoms with Crippen LogP contribution in [0.25, 0.3) is 0 Å². The van der Waals surface area contributed by atoms with Crippen LogP contribution in [0.5, 0.6) is 0 Å². The molecule has 0 aliphatic rings. The van der Waals surface area contributed by atoms with Crippen LogP contribution in [0.4, 0.5) is 16.2 Å². The van der Waals surface area contributed by atoms with Crippen LogP contribution in [0, 0.1) is 0 Å². The minimum Gasteiger partial charge on any atom is -0.350 e. The summed E-state index contributed by atoms with van der Waals surface area (Å²) < 4.78 is 0. The SMILES string of the molecule is CC(C)NC(=O)c1ccc(NC(=O)Nc2ccc(C(C)C)cc2)cc1. The van der Waals surface area contributed by atoms with E-state index in [4.69, 9.17) is 0 Å². The molecule has 0 aliphatic carbocycles. The molecule has 0 bridgehead atoms. The predicted molar refractivity (Wildman–Crippen MR) is 102 cm³/mol. The molecule has 0 saturated heterocycles. The van der Waals surface area contributed by atoms with Crippen LogP contribution in [0.3, 0.4) is 0 Å². The average Bonchev–Trinajstić information content (AvgIpc) is 2.55. The number of amides is 3. The smallest absolute Gasteiger partial charge is 0.323 e. The molecule has 0 spiro atoms. The molecule has 3 amide bonds. The number of nitrogens with one attached hydrogen (secondary N) is 3. The van der Waals surface area contributed by atoms with Crippen LogP contribution >= 0.6 is 0 Å². The summed E-state index contributed by atoms with van der Waals surface area (Å²) in [5.74, 6) is 0.325. The summed E-state index contributed by atoms with van der Waals surface area (Å²) in [5.41, 5.74) is 3.14. The van der Waals surface area contributed by atoms with Crippen molar-refractivity contribution in [2.75, 3.05) is 10.6 Å². The van der Waals surface area contributed by atoms with Gasteiger partial charge >= 0.3 is 6.03 Å². The van der Waals surface area contributed by atoms with E-state index in [9.17, 15) is 9.59 Å². The first-order chi connectivity index (χ1) is 11.8. The molecule has 132 valence electrons. The average molecular weight is 339 g/mol. The van der Waals surface area contributed by atoms with Gasteiger partial charge in [-0.1, -0.05) is 26.0 Å². The van der Waals surface area contributed by atoms with E-state index >= 15 is 0 Å². The van der Waals surface area contributed by atoms with Crippen molar-refractivity contribution in [3.8, 4) is 0 Å². The Labute approximate surface area is 148 Å². The zero-order valence-corrected chi connectivity index (χ0v) is 15.1. The second kappa shape index (κ2) is 8.33. The monoisotopic (exact) mass is 339 g/mol. The van der Waals surface area contributed by atoms with E-state index in [2.05, 4.69) is 29.8 Å². The largest absolute Gasteiger partial charge is 0.350 e. The molecule has 0 unspecified atom stereocenters. The molecule has 0 saturated carbocycles. The third kappa shape index (κ3) is 5.64. The van der Waals surface area contributed by atoms with E-state index in [1.54, 1.807) is 24.3 Å². The molecule has 2 aromatic rings. The Hall–Kier alpha value is -2.82. The van der Waals surface area contributed by atoms with Gasteiger partial charge in [-0.25, -0.2) is 4.79 Å². The first-order valence-electron chi connectivity index (χ1n) is 8.44. The first-order valence-corrected chi connectivity index (χ1v) is 8.44. The highest BCUT2D eigenvalue weighted by molar-refractivity contribution is 6.00. The zero-order chi connectivity index (χ0) is 18.4.